The molecule has 104 valence electrons. The number of carbonyl (C=O) groups is 2. The molecule has 0 aliphatic carbocycles. The third kappa shape index (κ3) is 4.59. The highest BCUT2D eigenvalue weighted by Gasteiger charge is 2.27. The molecule has 0 saturated carbocycles. The number of alkyl halides is 1. The monoisotopic (exact) mass is 318 g/mol. The first-order valence-electron chi connectivity index (χ1n) is 6.61. The van der Waals surface area contributed by atoms with Crippen LogP contribution in [0.1, 0.15) is 32.1 Å². The fraction of sp³-hybridized carbons (Fsp3) is 0.846. The molecule has 0 spiro atoms. The van der Waals surface area contributed by atoms with Crippen molar-refractivity contribution in [3.63, 3.8) is 0 Å². The van der Waals surface area contributed by atoms with E-state index >= 15 is 0 Å². The van der Waals surface area contributed by atoms with Crippen LogP contribution in [0.3, 0.4) is 0 Å². The lowest BCUT2D eigenvalue weighted by Gasteiger charge is -2.32. The van der Waals surface area contributed by atoms with Gasteiger partial charge in [0.05, 0.1) is 0 Å². The van der Waals surface area contributed by atoms with E-state index in [1.807, 2.05) is 4.90 Å². The number of carbonyl (C=O) groups excluding carboxylic acids is 2. The van der Waals surface area contributed by atoms with Crippen molar-refractivity contribution in [2.24, 2.45) is 5.92 Å². The summed E-state index contributed by atoms with van der Waals surface area (Å²) in [5, 5.41) is 0.958. The lowest BCUT2D eigenvalue weighted by Crippen LogP contribution is -2.42. The largest absolute Gasteiger partial charge is 0.349 e. The Morgan fingerprint density at radius 3 is 2.33 bits per heavy atom. The lowest BCUT2D eigenvalue weighted by atomic mass is 9.95. The second-order valence-corrected chi connectivity index (χ2v) is 5.83. The molecule has 1 aliphatic heterocycles. The van der Waals surface area contributed by atoms with Crippen molar-refractivity contribution in [2.45, 2.75) is 32.1 Å². The Labute approximate surface area is 118 Å². The van der Waals surface area contributed by atoms with Crippen LogP contribution < -0.4 is 0 Å². The summed E-state index contributed by atoms with van der Waals surface area (Å²) in [4.78, 5) is 27.3. The van der Waals surface area contributed by atoms with Gasteiger partial charge in [0.15, 0.2) is 0 Å². The van der Waals surface area contributed by atoms with Gasteiger partial charge in [-0.25, -0.2) is 0 Å². The average Bonchev–Trinajstić information content (AvgIpc) is 2.38. The quantitative estimate of drug-likeness (QED) is 0.573. The first-order valence-corrected chi connectivity index (χ1v) is 7.73. The van der Waals surface area contributed by atoms with Crippen LogP contribution in [0.4, 0.5) is 0 Å². The summed E-state index contributed by atoms with van der Waals surface area (Å²) in [5.74, 6) is 0.541. The Balaban J connectivity index is 2.30. The van der Waals surface area contributed by atoms with Gasteiger partial charge in [-0.2, -0.15) is 0 Å². The van der Waals surface area contributed by atoms with Crippen molar-refractivity contribution < 1.29 is 9.59 Å². The fourth-order valence-electron chi connectivity index (χ4n) is 2.27. The van der Waals surface area contributed by atoms with Gasteiger partial charge in [0, 0.05) is 44.9 Å². The van der Waals surface area contributed by atoms with Crippen LogP contribution in [0, 0.1) is 5.92 Å². The van der Waals surface area contributed by atoms with Gasteiger partial charge in [-0.3, -0.25) is 9.59 Å². The zero-order chi connectivity index (χ0) is 13.5. The van der Waals surface area contributed by atoms with Crippen LogP contribution in [0.2, 0.25) is 0 Å². The van der Waals surface area contributed by atoms with E-state index in [9.17, 15) is 9.59 Å². The molecule has 0 radical (unpaired) electrons. The summed E-state index contributed by atoms with van der Waals surface area (Å²) in [6, 6.07) is 0. The van der Waals surface area contributed by atoms with Crippen molar-refractivity contribution in [3.05, 3.63) is 0 Å². The van der Waals surface area contributed by atoms with Crippen LogP contribution in [0.5, 0.6) is 0 Å². The number of hydrogen-bond acceptors (Lipinski definition) is 2. The van der Waals surface area contributed by atoms with Crippen molar-refractivity contribution in [1.82, 2.24) is 9.80 Å². The number of hydrogen-bond donors (Lipinski definition) is 0. The summed E-state index contributed by atoms with van der Waals surface area (Å²) in [6.07, 6.45) is 4.24. The predicted octanol–water partition coefficient (Wildman–Crippen LogP) is 1.88. The van der Waals surface area contributed by atoms with Gasteiger partial charge in [0.1, 0.15) is 0 Å². The Morgan fingerprint density at radius 2 is 1.83 bits per heavy atom. The standard InChI is InChI=1S/C13H23BrN2O2/c1-15(2)13(18)11-6-9-16(10-7-11)12(17)5-3-4-8-14/h11H,3-10H2,1-2H3. The molecule has 4 nitrogen and oxygen atoms in total. The van der Waals surface area contributed by atoms with E-state index in [0.717, 1.165) is 44.1 Å². The third-order valence-corrected chi connectivity index (χ3v) is 3.97. The second kappa shape index (κ2) is 7.77. The summed E-state index contributed by atoms with van der Waals surface area (Å²) in [6.45, 7) is 1.47. The van der Waals surface area contributed by atoms with Crippen LogP contribution in [0.25, 0.3) is 0 Å². The first kappa shape index (κ1) is 15.5. The molecule has 0 atom stereocenters. The second-order valence-electron chi connectivity index (χ2n) is 5.03. The summed E-state index contributed by atoms with van der Waals surface area (Å²) >= 11 is 3.37. The lowest BCUT2D eigenvalue weighted by molar-refractivity contribution is -0.139. The number of halogens is 1. The summed E-state index contributed by atoms with van der Waals surface area (Å²) in [7, 11) is 3.58. The molecule has 2 amide bonds. The zero-order valence-corrected chi connectivity index (χ0v) is 12.9. The number of unbranched alkanes of at least 4 members (excludes halogenated alkanes) is 1. The molecule has 0 aromatic heterocycles. The number of likely N-dealkylation sites (tertiary alicyclic amines) is 1. The van der Waals surface area contributed by atoms with Crippen LogP contribution >= 0.6 is 15.9 Å². The van der Waals surface area contributed by atoms with Gasteiger partial charge >= 0.3 is 0 Å². The normalized spacial score (nSPS) is 16.7. The third-order valence-electron chi connectivity index (χ3n) is 3.41. The van der Waals surface area contributed by atoms with Crippen LogP contribution in [0.15, 0.2) is 0 Å². The number of piperidine rings is 1. The van der Waals surface area contributed by atoms with Gasteiger partial charge in [-0.15, -0.1) is 0 Å². The molecule has 0 aromatic rings. The molecule has 1 saturated heterocycles. The van der Waals surface area contributed by atoms with Gasteiger partial charge in [0.2, 0.25) is 11.8 Å². The molecule has 0 N–H and O–H groups in total. The topological polar surface area (TPSA) is 40.6 Å². The molecule has 0 unspecified atom stereocenters. The van der Waals surface area contributed by atoms with Crippen LogP contribution in [-0.2, 0) is 9.59 Å². The average molecular weight is 319 g/mol. The summed E-state index contributed by atoms with van der Waals surface area (Å²) in [5.41, 5.74) is 0. The SMILES string of the molecule is CN(C)C(=O)C1CCN(C(=O)CCCCBr)CC1. The fourth-order valence-corrected chi connectivity index (χ4v) is 2.67. The van der Waals surface area contributed by atoms with Crippen molar-refractivity contribution in [2.75, 3.05) is 32.5 Å². The van der Waals surface area contributed by atoms with Gasteiger partial charge in [0.25, 0.3) is 0 Å². The molecular weight excluding hydrogens is 296 g/mol. The first-order chi connectivity index (χ1) is 8.56. The molecule has 1 rings (SSSR count). The molecular formula is C13H23BrN2O2. The minimum atomic E-state index is 0.103. The molecule has 1 fully saturated rings. The van der Waals surface area contributed by atoms with Crippen molar-refractivity contribution in [3.8, 4) is 0 Å². The van der Waals surface area contributed by atoms with Crippen molar-refractivity contribution >= 4 is 27.7 Å². The molecule has 1 aliphatic rings. The predicted molar refractivity (Wildman–Crippen MR) is 75.6 cm³/mol. The Kier molecular flexibility index (Phi) is 6.68. The Morgan fingerprint density at radius 1 is 1.22 bits per heavy atom. The maximum Gasteiger partial charge on any atom is 0.225 e. The van der Waals surface area contributed by atoms with E-state index in [0.29, 0.717) is 6.42 Å². The zero-order valence-electron chi connectivity index (χ0n) is 11.3. The Bertz CT molecular complexity index is 287. The van der Waals surface area contributed by atoms with E-state index in [1.165, 1.54) is 0 Å². The maximum absolute atomic E-state index is 11.9. The molecule has 0 bridgehead atoms. The van der Waals surface area contributed by atoms with E-state index in [4.69, 9.17) is 0 Å². The molecule has 1 heterocycles. The van der Waals surface area contributed by atoms with Gasteiger partial charge in [-0.05, 0) is 25.7 Å². The van der Waals surface area contributed by atoms with Crippen molar-refractivity contribution in [1.29, 1.82) is 0 Å². The molecule has 0 aromatic carbocycles. The highest BCUT2D eigenvalue weighted by molar-refractivity contribution is 9.09. The highest BCUT2D eigenvalue weighted by atomic mass is 79.9. The Hall–Kier alpha value is -0.580. The number of nitrogens with zero attached hydrogens (tertiary/aromatic N) is 2. The molecule has 5 heteroatoms. The molecule has 18 heavy (non-hydrogen) atoms. The smallest absolute Gasteiger partial charge is 0.225 e. The van der Waals surface area contributed by atoms with E-state index in [1.54, 1.807) is 19.0 Å². The number of amides is 2. The van der Waals surface area contributed by atoms with E-state index in [2.05, 4.69) is 15.9 Å². The highest BCUT2D eigenvalue weighted by Crippen LogP contribution is 2.19. The van der Waals surface area contributed by atoms with Gasteiger partial charge < -0.3 is 9.80 Å². The maximum atomic E-state index is 11.9. The van der Waals surface area contributed by atoms with Crippen LogP contribution in [-0.4, -0.2) is 54.1 Å². The number of rotatable bonds is 5. The minimum Gasteiger partial charge on any atom is -0.349 e. The van der Waals surface area contributed by atoms with E-state index < -0.39 is 0 Å². The summed E-state index contributed by atoms with van der Waals surface area (Å²) < 4.78 is 0. The van der Waals surface area contributed by atoms with E-state index in [-0.39, 0.29) is 17.7 Å². The minimum absolute atomic E-state index is 0.103. The van der Waals surface area contributed by atoms with Gasteiger partial charge in [-0.1, -0.05) is 15.9 Å².